The molecule has 2 aromatic carbocycles. The van der Waals surface area contributed by atoms with Crippen LogP contribution < -0.4 is 10.5 Å². The third-order valence-corrected chi connectivity index (χ3v) is 4.02. The van der Waals surface area contributed by atoms with Crippen molar-refractivity contribution in [3.63, 3.8) is 0 Å². The summed E-state index contributed by atoms with van der Waals surface area (Å²) >= 11 is 0. The molecule has 0 aliphatic heterocycles. The molecule has 0 unspecified atom stereocenters. The van der Waals surface area contributed by atoms with Gasteiger partial charge in [-0.25, -0.2) is 4.39 Å². The maximum absolute atomic E-state index is 13.9. The second kappa shape index (κ2) is 6.27. The summed E-state index contributed by atoms with van der Waals surface area (Å²) in [6.07, 6.45) is 5.22. The van der Waals surface area contributed by atoms with Crippen LogP contribution in [0.2, 0.25) is 0 Å². The number of benzene rings is 2. The number of halogens is 1. The van der Waals surface area contributed by atoms with E-state index < -0.39 is 0 Å². The smallest absolute Gasteiger partial charge is 0.133 e. The van der Waals surface area contributed by atoms with E-state index in [4.69, 9.17) is 10.5 Å². The van der Waals surface area contributed by atoms with Crippen LogP contribution in [-0.4, -0.2) is 6.54 Å². The van der Waals surface area contributed by atoms with Crippen LogP contribution in [0, 0.1) is 5.82 Å². The van der Waals surface area contributed by atoms with Crippen molar-refractivity contribution in [2.45, 2.75) is 32.1 Å². The van der Waals surface area contributed by atoms with E-state index in [2.05, 4.69) is 12.1 Å². The molecule has 2 N–H and O–H groups in total. The molecule has 110 valence electrons. The number of rotatable bonds is 4. The topological polar surface area (TPSA) is 35.2 Å². The number of aryl methyl sites for hydroxylation is 2. The Kier molecular flexibility index (Phi) is 4.20. The largest absolute Gasteiger partial charge is 0.457 e. The van der Waals surface area contributed by atoms with Crippen molar-refractivity contribution in [2.24, 2.45) is 5.73 Å². The molecule has 0 spiro atoms. The van der Waals surface area contributed by atoms with Gasteiger partial charge in [-0.15, -0.1) is 0 Å². The second-order valence-corrected chi connectivity index (χ2v) is 5.49. The Hall–Kier alpha value is -1.87. The lowest BCUT2D eigenvalue weighted by Crippen LogP contribution is -2.06. The Bertz CT molecular complexity index is 639. The van der Waals surface area contributed by atoms with Gasteiger partial charge in [-0.2, -0.15) is 0 Å². The molecule has 2 aromatic rings. The second-order valence-electron chi connectivity index (χ2n) is 5.49. The molecular formula is C18H20FNO. The molecule has 3 heteroatoms. The van der Waals surface area contributed by atoms with E-state index in [-0.39, 0.29) is 5.82 Å². The third kappa shape index (κ3) is 3.08. The molecule has 0 heterocycles. The highest BCUT2D eigenvalue weighted by Gasteiger charge is 2.13. The van der Waals surface area contributed by atoms with Crippen LogP contribution >= 0.6 is 0 Å². The third-order valence-electron chi connectivity index (χ3n) is 4.02. The van der Waals surface area contributed by atoms with Gasteiger partial charge in [0.15, 0.2) is 0 Å². The fourth-order valence-electron chi connectivity index (χ4n) is 2.92. The minimum atomic E-state index is -0.254. The molecule has 0 atom stereocenters. The molecule has 0 aromatic heterocycles. The Balaban J connectivity index is 1.88. The average molecular weight is 285 g/mol. The van der Waals surface area contributed by atoms with E-state index >= 15 is 0 Å². The summed E-state index contributed by atoms with van der Waals surface area (Å²) in [5, 5.41) is 0. The number of fused-ring (bicyclic) bond motifs is 1. The molecule has 1 aliphatic carbocycles. The molecule has 0 bridgehead atoms. The van der Waals surface area contributed by atoms with E-state index in [1.54, 1.807) is 12.1 Å². The molecular weight excluding hydrogens is 265 g/mol. The Morgan fingerprint density at radius 3 is 2.67 bits per heavy atom. The minimum Gasteiger partial charge on any atom is -0.457 e. The molecule has 21 heavy (non-hydrogen) atoms. The number of ether oxygens (including phenoxy) is 1. The van der Waals surface area contributed by atoms with Crippen molar-refractivity contribution in [3.05, 3.63) is 58.9 Å². The number of nitrogens with two attached hydrogens (primary N) is 1. The van der Waals surface area contributed by atoms with Gasteiger partial charge in [-0.05, 0) is 74.0 Å². The van der Waals surface area contributed by atoms with E-state index in [9.17, 15) is 4.39 Å². The minimum absolute atomic E-state index is 0.254. The molecule has 3 rings (SSSR count). The average Bonchev–Trinajstić information content (AvgIpc) is 2.51. The van der Waals surface area contributed by atoms with Crippen LogP contribution in [-0.2, 0) is 19.3 Å². The fourth-order valence-corrected chi connectivity index (χ4v) is 2.92. The lowest BCUT2D eigenvalue weighted by molar-refractivity contribution is 0.465. The van der Waals surface area contributed by atoms with Gasteiger partial charge >= 0.3 is 0 Å². The monoisotopic (exact) mass is 285 g/mol. The van der Waals surface area contributed by atoms with Gasteiger partial charge in [0, 0.05) is 5.56 Å². The van der Waals surface area contributed by atoms with Gasteiger partial charge in [0.05, 0.1) is 0 Å². The van der Waals surface area contributed by atoms with Gasteiger partial charge in [0.2, 0.25) is 0 Å². The first-order chi connectivity index (χ1) is 10.3. The normalized spacial score (nSPS) is 13.8. The zero-order valence-electron chi connectivity index (χ0n) is 12.1. The van der Waals surface area contributed by atoms with Crippen molar-refractivity contribution in [3.8, 4) is 11.5 Å². The van der Waals surface area contributed by atoms with Crippen LogP contribution in [0.4, 0.5) is 4.39 Å². The van der Waals surface area contributed by atoms with Crippen LogP contribution in [0.1, 0.15) is 29.5 Å². The first-order valence-electron chi connectivity index (χ1n) is 7.55. The van der Waals surface area contributed by atoms with Crippen molar-refractivity contribution in [2.75, 3.05) is 6.54 Å². The lowest BCUT2D eigenvalue weighted by atomic mass is 9.92. The quantitative estimate of drug-likeness (QED) is 0.921. The van der Waals surface area contributed by atoms with Crippen molar-refractivity contribution in [1.29, 1.82) is 0 Å². The summed E-state index contributed by atoms with van der Waals surface area (Å²) in [5.41, 5.74) is 8.88. The van der Waals surface area contributed by atoms with Gasteiger partial charge in [-0.1, -0.05) is 12.1 Å². The summed E-state index contributed by atoms with van der Waals surface area (Å²) in [6, 6.07) is 11.1. The first-order valence-corrected chi connectivity index (χ1v) is 7.55. The number of hydrogen-bond acceptors (Lipinski definition) is 2. The fraction of sp³-hybridized carbons (Fsp3) is 0.333. The highest BCUT2D eigenvalue weighted by Crippen LogP contribution is 2.31. The van der Waals surface area contributed by atoms with Crippen LogP contribution in [0.25, 0.3) is 0 Å². The van der Waals surface area contributed by atoms with E-state index in [0.717, 1.165) is 18.6 Å². The molecule has 2 nitrogen and oxygen atoms in total. The summed E-state index contributed by atoms with van der Waals surface area (Å²) in [4.78, 5) is 0. The van der Waals surface area contributed by atoms with Crippen molar-refractivity contribution >= 4 is 0 Å². The first kappa shape index (κ1) is 14.1. The van der Waals surface area contributed by atoms with Gasteiger partial charge in [0.1, 0.15) is 17.3 Å². The van der Waals surface area contributed by atoms with Crippen LogP contribution in [0.5, 0.6) is 11.5 Å². The van der Waals surface area contributed by atoms with Gasteiger partial charge in [0.25, 0.3) is 0 Å². The predicted molar refractivity (Wildman–Crippen MR) is 82.3 cm³/mol. The van der Waals surface area contributed by atoms with Crippen molar-refractivity contribution < 1.29 is 9.13 Å². The molecule has 0 saturated carbocycles. The van der Waals surface area contributed by atoms with Crippen LogP contribution in [0.15, 0.2) is 36.4 Å². The predicted octanol–water partition coefficient (Wildman–Crippen LogP) is 4.00. The van der Waals surface area contributed by atoms with Crippen molar-refractivity contribution in [1.82, 2.24) is 0 Å². The molecule has 0 amide bonds. The van der Waals surface area contributed by atoms with E-state index in [1.165, 1.54) is 30.0 Å². The maximum atomic E-state index is 13.9. The van der Waals surface area contributed by atoms with E-state index in [1.807, 2.05) is 6.07 Å². The lowest BCUT2D eigenvalue weighted by Gasteiger charge is -2.17. The van der Waals surface area contributed by atoms with Gasteiger partial charge < -0.3 is 10.5 Å². The van der Waals surface area contributed by atoms with Gasteiger partial charge in [-0.3, -0.25) is 0 Å². The highest BCUT2D eigenvalue weighted by molar-refractivity contribution is 5.42. The van der Waals surface area contributed by atoms with E-state index in [0.29, 0.717) is 24.3 Å². The molecule has 0 radical (unpaired) electrons. The van der Waals surface area contributed by atoms with Crippen LogP contribution in [0.3, 0.4) is 0 Å². The standard InChI is InChI=1S/C18H20FNO/c19-17-6-3-7-18(16(17)10-11-20)21-15-9-8-13-4-1-2-5-14(13)12-15/h3,6-9,12H,1-2,4-5,10-11,20H2. The maximum Gasteiger partial charge on any atom is 0.133 e. The Morgan fingerprint density at radius 1 is 1.05 bits per heavy atom. The SMILES string of the molecule is NCCc1c(F)cccc1Oc1ccc2c(c1)CCCC2. The molecule has 0 fully saturated rings. The summed E-state index contributed by atoms with van der Waals surface area (Å²) < 4.78 is 19.8. The molecule has 0 saturated heterocycles. The zero-order chi connectivity index (χ0) is 14.7. The molecule has 1 aliphatic rings. The summed E-state index contributed by atoms with van der Waals surface area (Å²) in [6.45, 7) is 0.404. The summed E-state index contributed by atoms with van der Waals surface area (Å²) in [7, 11) is 0. The zero-order valence-corrected chi connectivity index (χ0v) is 12.1. The highest BCUT2D eigenvalue weighted by atomic mass is 19.1. The Labute approximate surface area is 124 Å². The summed E-state index contributed by atoms with van der Waals surface area (Å²) in [5.74, 6) is 1.09. The Morgan fingerprint density at radius 2 is 1.86 bits per heavy atom. The number of hydrogen-bond donors (Lipinski definition) is 1.